The molecule has 1 aromatic rings. The second-order valence-electron chi connectivity index (χ2n) is 6.10. The van der Waals surface area contributed by atoms with Crippen LogP contribution < -0.4 is 5.32 Å². The molecule has 2 heterocycles. The minimum absolute atomic E-state index is 0.0403. The summed E-state index contributed by atoms with van der Waals surface area (Å²) in [5.74, 6) is -0.823. The predicted octanol–water partition coefficient (Wildman–Crippen LogP) is 0.748. The summed E-state index contributed by atoms with van der Waals surface area (Å²) in [6, 6.07) is 0. The fraction of sp³-hybridized carbons (Fsp3) is 0.769. The van der Waals surface area contributed by atoms with Crippen LogP contribution in [0.4, 0.5) is 13.2 Å². The van der Waals surface area contributed by atoms with E-state index in [0.29, 0.717) is 26.7 Å². The Labute approximate surface area is 130 Å². The predicted molar refractivity (Wildman–Crippen MR) is 72.6 cm³/mol. The van der Waals surface area contributed by atoms with Crippen molar-refractivity contribution in [1.82, 2.24) is 20.3 Å². The lowest BCUT2D eigenvalue weighted by Gasteiger charge is -2.40. The number of aliphatic hydroxyl groups is 1. The second-order valence-corrected chi connectivity index (χ2v) is 6.10. The molecule has 7 nitrogen and oxygen atoms in total. The third-order valence-corrected chi connectivity index (χ3v) is 4.04. The lowest BCUT2D eigenvalue weighted by atomic mass is 9.83. The molecule has 0 radical (unpaired) electrons. The molecule has 0 bridgehead atoms. The minimum Gasteiger partial charge on any atom is -0.380 e. The van der Waals surface area contributed by atoms with Gasteiger partial charge in [0.2, 0.25) is 0 Å². The highest BCUT2D eigenvalue weighted by atomic mass is 19.4. The van der Waals surface area contributed by atoms with Crippen LogP contribution in [0.5, 0.6) is 0 Å². The zero-order chi connectivity index (χ0) is 17.3. The Morgan fingerprint density at radius 3 is 2.65 bits per heavy atom. The SMILES string of the molecule is CCC1(Cn2cc(C(=O)NCC(C)(O)C(F)(F)F)nn2)COC1. The van der Waals surface area contributed by atoms with Gasteiger partial charge in [-0.25, -0.2) is 0 Å². The third-order valence-electron chi connectivity index (χ3n) is 4.04. The molecule has 130 valence electrons. The first-order valence-electron chi connectivity index (χ1n) is 7.14. The van der Waals surface area contributed by atoms with Gasteiger partial charge >= 0.3 is 6.18 Å². The van der Waals surface area contributed by atoms with E-state index in [0.717, 1.165) is 6.42 Å². The summed E-state index contributed by atoms with van der Waals surface area (Å²) in [6.07, 6.45) is -2.59. The summed E-state index contributed by atoms with van der Waals surface area (Å²) in [5, 5.41) is 18.8. The Hall–Kier alpha value is -1.68. The molecule has 23 heavy (non-hydrogen) atoms. The number of hydrogen-bond donors (Lipinski definition) is 2. The molecule has 1 fully saturated rings. The van der Waals surface area contributed by atoms with Crippen LogP contribution in [0.3, 0.4) is 0 Å². The number of ether oxygens (including phenoxy) is 1. The number of rotatable bonds is 6. The van der Waals surface area contributed by atoms with Gasteiger partial charge in [0, 0.05) is 5.41 Å². The average Bonchev–Trinajstić information content (AvgIpc) is 2.87. The number of carbonyl (C=O) groups excluding carboxylic acids is 1. The molecule has 2 rings (SSSR count). The maximum atomic E-state index is 12.5. The van der Waals surface area contributed by atoms with Crippen LogP contribution in [0.15, 0.2) is 6.20 Å². The van der Waals surface area contributed by atoms with Crippen LogP contribution in [0.25, 0.3) is 0 Å². The number of halogens is 3. The van der Waals surface area contributed by atoms with Crippen LogP contribution >= 0.6 is 0 Å². The van der Waals surface area contributed by atoms with Crippen molar-refractivity contribution in [2.75, 3.05) is 19.8 Å². The van der Waals surface area contributed by atoms with E-state index >= 15 is 0 Å². The van der Waals surface area contributed by atoms with Gasteiger partial charge in [-0.1, -0.05) is 12.1 Å². The monoisotopic (exact) mass is 336 g/mol. The number of amides is 1. The van der Waals surface area contributed by atoms with Gasteiger partial charge in [-0.15, -0.1) is 5.10 Å². The van der Waals surface area contributed by atoms with Crippen molar-refractivity contribution in [3.05, 3.63) is 11.9 Å². The lowest BCUT2D eigenvalue weighted by Crippen LogP contribution is -2.51. The Balaban J connectivity index is 1.94. The molecule has 1 saturated heterocycles. The number of nitrogens with one attached hydrogen (secondary N) is 1. The van der Waals surface area contributed by atoms with Crippen molar-refractivity contribution in [2.45, 2.75) is 38.6 Å². The molecular weight excluding hydrogens is 317 g/mol. The van der Waals surface area contributed by atoms with E-state index in [1.165, 1.54) is 10.9 Å². The van der Waals surface area contributed by atoms with Gasteiger partial charge in [-0.05, 0) is 13.3 Å². The third kappa shape index (κ3) is 3.81. The van der Waals surface area contributed by atoms with Gasteiger partial charge in [0.25, 0.3) is 5.91 Å². The zero-order valence-electron chi connectivity index (χ0n) is 12.9. The normalized spacial score (nSPS) is 19.7. The molecule has 0 saturated carbocycles. The smallest absolute Gasteiger partial charge is 0.380 e. The van der Waals surface area contributed by atoms with Gasteiger partial charge in [-0.2, -0.15) is 13.2 Å². The molecule has 10 heteroatoms. The molecular formula is C13H19F3N4O3. The highest BCUT2D eigenvalue weighted by molar-refractivity contribution is 5.91. The van der Waals surface area contributed by atoms with Crippen molar-refractivity contribution in [1.29, 1.82) is 0 Å². The van der Waals surface area contributed by atoms with Crippen molar-refractivity contribution in [3.63, 3.8) is 0 Å². The maximum absolute atomic E-state index is 12.5. The molecule has 0 aromatic carbocycles. The van der Waals surface area contributed by atoms with Crippen LogP contribution in [0.2, 0.25) is 0 Å². The van der Waals surface area contributed by atoms with E-state index in [1.807, 2.05) is 12.2 Å². The van der Waals surface area contributed by atoms with E-state index < -0.39 is 24.2 Å². The minimum atomic E-state index is -4.84. The number of nitrogens with zero attached hydrogens (tertiary/aromatic N) is 3. The Morgan fingerprint density at radius 1 is 1.52 bits per heavy atom. The Bertz CT molecular complexity index is 562. The van der Waals surface area contributed by atoms with Crippen molar-refractivity contribution < 1.29 is 27.8 Å². The first kappa shape index (κ1) is 17.7. The maximum Gasteiger partial charge on any atom is 0.418 e. The molecule has 0 spiro atoms. The lowest BCUT2D eigenvalue weighted by molar-refractivity contribution is -0.249. The number of hydrogen-bond acceptors (Lipinski definition) is 5. The molecule has 1 unspecified atom stereocenters. The van der Waals surface area contributed by atoms with Crippen LogP contribution in [-0.4, -0.2) is 57.5 Å². The van der Waals surface area contributed by atoms with Crippen molar-refractivity contribution in [2.24, 2.45) is 5.41 Å². The topological polar surface area (TPSA) is 89.3 Å². The van der Waals surface area contributed by atoms with Crippen LogP contribution in [-0.2, 0) is 11.3 Å². The second kappa shape index (κ2) is 6.08. The molecule has 2 N–H and O–H groups in total. The van der Waals surface area contributed by atoms with Crippen LogP contribution in [0, 0.1) is 5.41 Å². The quantitative estimate of drug-likeness (QED) is 0.800. The van der Waals surface area contributed by atoms with E-state index in [1.54, 1.807) is 0 Å². The highest BCUT2D eigenvalue weighted by Crippen LogP contribution is 2.32. The summed E-state index contributed by atoms with van der Waals surface area (Å²) in [4.78, 5) is 11.8. The summed E-state index contributed by atoms with van der Waals surface area (Å²) in [7, 11) is 0. The van der Waals surface area contributed by atoms with E-state index in [2.05, 4.69) is 10.3 Å². The Kier molecular flexibility index (Phi) is 4.67. The Morgan fingerprint density at radius 2 is 2.17 bits per heavy atom. The summed E-state index contributed by atoms with van der Waals surface area (Å²) < 4.78 is 44.2. The molecule has 1 aromatic heterocycles. The largest absolute Gasteiger partial charge is 0.418 e. The zero-order valence-corrected chi connectivity index (χ0v) is 12.9. The molecule has 1 atom stereocenters. The van der Waals surface area contributed by atoms with Gasteiger partial charge in [0.05, 0.1) is 32.5 Å². The van der Waals surface area contributed by atoms with Gasteiger partial charge in [-0.3, -0.25) is 9.48 Å². The number of carbonyl (C=O) groups is 1. The van der Waals surface area contributed by atoms with Crippen molar-refractivity contribution in [3.8, 4) is 0 Å². The van der Waals surface area contributed by atoms with E-state index in [9.17, 15) is 23.1 Å². The molecule has 1 aliphatic rings. The standard InChI is InChI=1S/C13H19F3N4O3/c1-3-12(7-23-8-12)6-20-4-9(18-19-20)10(21)17-5-11(2,22)13(14,15)16/h4,22H,3,5-8H2,1-2H3,(H,17,21). The summed E-state index contributed by atoms with van der Waals surface area (Å²) in [6.45, 7) is 3.36. The first-order chi connectivity index (χ1) is 10.6. The molecule has 1 aliphatic heterocycles. The number of alkyl halides is 3. The fourth-order valence-electron chi connectivity index (χ4n) is 2.06. The van der Waals surface area contributed by atoms with Gasteiger partial charge in [0.15, 0.2) is 11.3 Å². The first-order valence-corrected chi connectivity index (χ1v) is 7.14. The van der Waals surface area contributed by atoms with E-state index in [4.69, 9.17) is 4.74 Å². The average molecular weight is 336 g/mol. The summed E-state index contributed by atoms with van der Waals surface area (Å²) >= 11 is 0. The number of aromatic nitrogens is 3. The summed E-state index contributed by atoms with van der Waals surface area (Å²) in [5.41, 5.74) is -3.15. The van der Waals surface area contributed by atoms with Gasteiger partial charge in [0.1, 0.15) is 0 Å². The van der Waals surface area contributed by atoms with E-state index in [-0.39, 0.29) is 11.1 Å². The van der Waals surface area contributed by atoms with Gasteiger partial charge < -0.3 is 15.2 Å². The highest BCUT2D eigenvalue weighted by Gasteiger charge is 2.50. The van der Waals surface area contributed by atoms with Crippen LogP contribution in [0.1, 0.15) is 30.8 Å². The fourth-order valence-corrected chi connectivity index (χ4v) is 2.06. The van der Waals surface area contributed by atoms with Crippen molar-refractivity contribution >= 4 is 5.91 Å². The molecule has 0 aliphatic carbocycles. The molecule has 1 amide bonds.